The van der Waals surface area contributed by atoms with Gasteiger partial charge in [0.1, 0.15) is 0 Å². The molecule has 0 aliphatic rings. The molecule has 0 aliphatic heterocycles. The Morgan fingerprint density at radius 3 is 1.20 bits per heavy atom. The van der Waals surface area contributed by atoms with Crippen molar-refractivity contribution in [3.05, 3.63) is 121 Å². The summed E-state index contributed by atoms with van der Waals surface area (Å²) in [5.41, 5.74) is 0. The molecule has 0 nitrogen and oxygen atoms in total. The van der Waals surface area contributed by atoms with Crippen LogP contribution in [-0.4, -0.2) is 11.3 Å². The van der Waals surface area contributed by atoms with Gasteiger partial charge in [0.05, 0.1) is 5.12 Å². The van der Waals surface area contributed by atoms with Gasteiger partial charge in [-0.1, -0.05) is 121 Å². The molecule has 0 aliphatic carbocycles. The van der Waals surface area contributed by atoms with E-state index >= 15 is 0 Å². The molecule has 30 heavy (non-hydrogen) atoms. The second-order valence-corrected chi connectivity index (χ2v) is 12.7. The molecular weight excluding hydrogens is 422 g/mol. The fourth-order valence-electron chi connectivity index (χ4n) is 3.64. The van der Waals surface area contributed by atoms with Crippen molar-refractivity contribution in [3.8, 4) is 0 Å². The second kappa shape index (κ2) is 10.9. The van der Waals surface area contributed by atoms with Crippen LogP contribution in [0.2, 0.25) is 0 Å². The molecular formula is C27H25ClP2. The molecule has 4 aromatic rings. The van der Waals surface area contributed by atoms with Crippen molar-refractivity contribution in [1.29, 1.82) is 0 Å². The minimum Gasteiger partial charge on any atom is -0.117 e. The van der Waals surface area contributed by atoms with Crippen molar-refractivity contribution in [2.75, 3.05) is 6.16 Å². The van der Waals surface area contributed by atoms with Crippen LogP contribution in [0.1, 0.15) is 6.42 Å². The highest BCUT2D eigenvalue weighted by Gasteiger charge is 2.24. The quantitative estimate of drug-likeness (QED) is 0.223. The van der Waals surface area contributed by atoms with Crippen LogP contribution in [0, 0.1) is 0 Å². The summed E-state index contributed by atoms with van der Waals surface area (Å²) in [4.78, 5) is 0. The molecule has 1 atom stereocenters. The Morgan fingerprint density at radius 1 is 0.500 bits per heavy atom. The Hall–Kier alpha value is -1.97. The number of hydrogen-bond acceptors (Lipinski definition) is 0. The third kappa shape index (κ3) is 5.39. The van der Waals surface area contributed by atoms with Crippen LogP contribution in [0.25, 0.3) is 0 Å². The highest BCUT2D eigenvalue weighted by molar-refractivity contribution is 7.75. The fraction of sp³-hybridized carbons (Fsp3) is 0.111. The highest BCUT2D eigenvalue weighted by Crippen LogP contribution is 2.46. The molecule has 0 fully saturated rings. The molecule has 1 unspecified atom stereocenters. The minimum atomic E-state index is -0.605. The summed E-state index contributed by atoms with van der Waals surface area (Å²) in [6.45, 7) is 0. The largest absolute Gasteiger partial charge is 0.117 e. The Morgan fingerprint density at radius 2 is 0.833 bits per heavy atom. The number of halogens is 1. The normalized spacial score (nSPS) is 12.2. The molecule has 0 aromatic heterocycles. The Bertz CT molecular complexity index is 929. The third-order valence-electron chi connectivity index (χ3n) is 5.08. The molecule has 0 heterocycles. The average Bonchev–Trinajstić information content (AvgIpc) is 2.82. The Balaban J connectivity index is 1.59. The standard InChI is InChI=1S/C27H25ClP2/c28-27(30(25-17-9-3-10-18-25)26-19-11-4-12-20-26)21-22-29(23-13-5-1-6-14-23)24-15-7-2-8-16-24/h1-20,27H,21-22H2. The molecule has 0 amide bonds. The fourth-order valence-corrected chi connectivity index (χ4v) is 9.49. The van der Waals surface area contributed by atoms with Crippen molar-refractivity contribution in [2.45, 2.75) is 11.5 Å². The van der Waals surface area contributed by atoms with Gasteiger partial charge < -0.3 is 0 Å². The van der Waals surface area contributed by atoms with Gasteiger partial charge in [0, 0.05) is 0 Å². The summed E-state index contributed by atoms with van der Waals surface area (Å²) < 4.78 is 0. The molecule has 150 valence electrons. The maximum absolute atomic E-state index is 7.17. The van der Waals surface area contributed by atoms with Crippen molar-refractivity contribution in [1.82, 2.24) is 0 Å². The minimum absolute atomic E-state index is 0.0993. The first kappa shape index (κ1) is 21.3. The summed E-state index contributed by atoms with van der Waals surface area (Å²) in [6, 6.07) is 43.4. The monoisotopic (exact) mass is 446 g/mol. The van der Waals surface area contributed by atoms with Crippen molar-refractivity contribution in [3.63, 3.8) is 0 Å². The van der Waals surface area contributed by atoms with Crippen molar-refractivity contribution >= 4 is 48.7 Å². The predicted octanol–water partition coefficient (Wildman–Crippen LogP) is 6.21. The summed E-state index contributed by atoms with van der Waals surface area (Å²) in [5.74, 6) is 0. The first-order valence-electron chi connectivity index (χ1n) is 10.2. The van der Waals surface area contributed by atoms with Gasteiger partial charge in [-0.25, -0.2) is 0 Å². The van der Waals surface area contributed by atoms with E-state index in [2.05, 4.69) is 121 Å². The first-order valence-corrected chi connectivity index (χ1v) is 13.6. The number of benzene rings is 4. The van der Waals surface area contributed by atoms with Crippen LogP contribution in [-0.2, 0) is 0 Å². The van der Waals surface area contributed by atoms with Gasteiger partial charge in [-0.15, -0.1) is 11.6 Å². The van der Waals surface area contributed by atoms with Crippen LogP contribution in [0.3, 0.4) is 0 Å². The van der Waals surface area contributed by atoms with E-state index in [1.54, 1.807) is 0 Å². The molecule has 0 N–H and O–H groups in total. The van der Waals surface area contributed by atoms with Crippen LogP contribution >= 0.6 is 27.4 Å². The number of hydrogen-bond donors (Lipinski definition) is 0. The van der Waals surface area contributed by atoms with E-state index in [1.807, 2.05) is 0 Å². The van der Waals surface area contributed by atoms with Gasteiger partial charge >= 0.3 is 0 Å². The van der Waals surface area contributed by atoms with Gasteiger partial charge in [0.25, 0.3) is 0 Å². The molecule has 0 spiro atoms. The Labute approximate surface area is 187 Å². The number of rotatable bonds is 8. The van der Waals surface area contributed by atoms with Crippen LogP contribution in [0.5, 0.6) is 0 Å². The molecule has 0 saturated carbocycles. The molecule has 4 aromatic carbocycles. The zero-order valence-electron chi connectivity index (χ0n) is 16.8. The van der Waals surface area contributed by atoms with Crippen molar-refractivity contribution in [2.24, 2.45) is 0 Å². The van der Waals surface area contributed by atoms with E-state index in [9.17, 15) is 0 Å². The lowest BCUT2D eigenvalue weighted by molar-refractivity contribution is 1.05. The molecule has 0 radical (unpaired) electrons. The van der Waals surface area contributed by atoms with Crippen LogP contribution in [0.15, 0.2) is 121 Å². The topological polar surface area (TPSA) is 0 Å². The van der Waals surface area contributed by atoms with E-state index in [0.29, 0.717) is 0 Å². The first-order chi connectivity index (χ1) is 14.8. The van der Waals surface area contributed by atoms with Crippen LogP contribution in [0.4, 0.5) is 0 Å². The average molecular weight is 447 g/mol. The van der Waals surface area contributed by atoms with Gasteiger partial charge in [-0.2, -0.15) is 0 Å². The summed E-state index contributed by atoms with van der Waals surface area (Å²) in [7, 11) is -1.02. The van der Waals surface area contributed by atoms with Crippen molar-refractivity contribution < 1.29 is 0 Å². The molecule has 4 rings (SSSR count). The van der Waals surface area contributed by atoms with Gasteiger partial charge in [0.15, 0.2) is 0 Å². The second-order valence-electron chi connectivity index (χ2n) is 7.09. The maximum atomic E-state index is 7.17. The van der Waals surface area contributed by atoms with E-state index < -0.39 is 15.8 Å². The molecule has 3 heteroatoms. The van der Waals surface area contributed by atoms with Gasteiger partial charge in [-0.05, 0) is 49.6 Å². The van der Waals surface area contributed by atoms with E-state index in [1.165, 1.54) is 21.2 Å². The lowest BCUT2D eigenvalue weighted by Crippen LogP contribution is -2.21. The smallest absolute Gasteiger partial charge is 0.0619 e. The molecule has 0 saturated heterocycles. The highest BCUT2D eigenvalue weighted by atomic mass is 35.5. The van der Waals surface area contributed by atoms with Gasteiger partial charge in [-0.3, -0.25) is 0 Å². The summed E-state index contributed by atoms with van der Waals surface area (Å²) in [6.07, 6.45) is 2.09. The zero-order chi connectivity index (χ0) is 20.6. The maximum Gasteiger partial charge on any atom is 0.0619 e. The lowest BCUT2D eigenvalue weighted by atomic mass is 10.4. The third-order valence-corrected chi connectivity index (χ3v) is 11.0. The number of alkyl halides is 1. The predicted molar refractivity (Wildman–Crippen MR) is 137 cm³/mol. The van der Waals surface area contributed by atoms with E-state index in [4.69, 9.17) is 11.6 Å². The van der Waals surface area contributed by atoms with E-state index in [0.717, 1.165) is 12.6 Å². The van der Waals surface area contributed by atoms with Crippen LogP contribution < -0.4 is 21.2 Å². The SMILES string of the molecule is ClC(CCP(c1ccccc1)c1ccccc1)P(c1ccccc1)c1ccccc1. The zero-order valence-corrected chi connectivity index (χ0v) is 19.4. The van der Waals surface area contributed by atoms with Gasteiger partial charge in [0.2, 0.25) is 0 Å². The summed E-state index contributed by atoms with van der Waals surface area (Å²) in [5, 5.41) is 5.64. The Kier molecular flexibility index (Phi) is 7.71. The molecule has 0 bridgehead atoms. The summed E-state index contributed by atoms with van der Waals surface area (Å²) >= 11 is 7.17. The lowest BCUT2D eigenvalue weighted by Gasteiger charge is -2.26. The van der Waals surface area contributed by atoms with E-state index in [-0.39, 0.29) is 5.12 Å².